The number of esters is 1. The number of carbonyl (C=O) groups is 1. The van der Waals surface area contributed by atoms with Crippen LogP contribution < -0.4 is 4.74 Å². The molecular formula is C22H20N2O2. The second kappa shape index (κ2) is 6.97. The van der Waals surface area contributed by atoms with Crippen molar-refractivity contribution in [2.24, 2.45) is 0 Å². The van der Waals surface area contributed by atoms with E-state index in [2.05, 4.69) is 6.07 Å². The molecule has 0 radical (unpaired) electrons. The van der Waals surface area contributed by atoms with Gasteiger partial charge >= 0.3 is 5.97 Å². The van der Waals surface area contributed by atoms with Gasteiger partial charge in [-0.25, -0.2) is 4.79 Å². The molecule has 0 unspecified atom stereocenters. The molecule has 0 aliphatic rings. The number of para-hydroxylation sites is 1. The lowest BCUT2D eigenvalue weighted by Gasteiger charge is -2.15. The van der Waals surface area contributed by atoms with Crippen molar-refractivity contribution in [3.63, 3.8) is 0 Å². The summed E-state index contributed by atoms with van der Waals surface area (Å²) in [6, 6.07) is 12.7. The summed E-state index contributed by atoms with van der Waals surface area (Å²) in [4.78, 5) is 17.8. The van der Waals surface area contributed by atoms with Crippen LogP contribution in [0.4, 0.5) is 0 Å². The first kappa shape index (κ1) is 17.6. The fourth-order valence-corrected chi connectivity index (χ4v) is 3.12. The third-order valence-electron chi connectivity index (χ3n) is 4.77. The van der Waals surface area contributed by atoms with Crippen molar-refractivity contribution >= 4 is 16.9 Å². The summed E-state index contributed by atoms with van der Waals surface area (Å²) in [5.74, 6) is -0.193. The second-order valence-corrected chi connectivity index (χ2v) is 6.31. The molecule has 1 aromatic heterocycles. The zero-order valence-corrected chi connectivity index (χ0v) is 15.4. The van der Waals surface area contributed by atoms with Gasteiger partial charge in [0.05, 0.1) is 16.6 Å². The topological polar surface area (TPSA) is 63.0 Å². The van der Waals surface area contributed by atoms with E-state index >= 15 is 0 Å². The summed E-state index contributed by atoms with van der Waals surface area (Å²) in [7, 11) is 0. The summed E-state index contributed by atoms with van der Waals surface area (Å²) in [6.07, 6.45) is 0.726. The number of nitriles is 1. The lowest BCUT2D eigenvalue weighted by Crippen LogP contribution is -2.14. The molecule has 130 valence electrons. The van der Waals surface area contributed by atoms with Crippen molar-refractivity contribution in [1.29, 1.82) is 5.26 Å². The van der Waals surface area contributed by atoms with Crippen LogP contribution in [-0.4, -0.2) is 11.0 Å². The van der Waals surface area contributed by atoms with Gasteiger partial charge in [0.1, 0.15) is 11.8 Å². The van der Waals surface area contributed by atoms with E-state index in [0.29, 0.717) is 11.1 Å². The third-order valence-corrected chi connectivity index (χ3v) is 4.77. The van der Waals surface area contributed by atoms with Crippen molar-refractivity contribution in [3.8, 4) is 11.8 Å². The first-order chi connectivity index (χ1) is 12.5. The van der Waals surface area contributed by atoms with E-state index in [1.165, 1.54) is 0 Å². The van der Waals surface area contributed by atoms with Gasteiger partial charge in [0.15, 0.2) is 0 Å². The van der Waals surface area contributed by atoms with Gasteiger partial charge in [0, 0.05) is 11.1 Å². The molecule has 0 amide bonds. The highest BCUT2D eigenvalue weighted by Crippen LogP contribution is 2.29. The fraction of sp³-hybridized carbons (Fsp3) is 0.227. The van der Waals surface area contributed by atoms with E-state index in [9.17, 15) is 10.1 Å². The highest BCUT2D eigenvalue weighted by atomic mass is 16.5. The lowest BCUT2D eigenvalue weighted by molar-refractivity contribution is 0.0735. The number of carbonyl (C=O) groups excluding carboxylic acids is 1. The van der Waals surface area contributed by atoms with Crippen LogP contribution in [0.25, 0.3) is 10.9 Å². The Hall–Kier alpha value is -3.19. The molecule has 0 bridgehead atoms. The number of ether oxygens (including phenoxy) is 1. The van der Waals surface area contributed by atoms with Crippen molar-refractivity contribution in [1.82, 2.24) is 4.98 Å². The number of hydrogen-bond donors (Lipinski definition) is 0. The third kappa shape index (κ3) is 2.93. The summed E-state index contributed by atoms with van der Waals surface area (Å²) >= 11 is 0. The van der Waals surface area contributed by atoms with E-state index in [1.807, 2.05) is 39.8 Å². The Kier molecular flexibility index (Phi) is 4.73. The molecule has 3 aromatic rings. The van der Waals surface area contributed by atoms with Gasteiger partial charge in [-0.15, -0.1) is 0 Å². The molecule has 0 aliphatic carbocycles. The van der Waals surface area contributed by atoms with Gasteiger partial charge in [0.25, 0.3) is 0 Å². The molecule has 2 aromatic carbocycles. The molecule has 0 spiro atoms. The molecule has 0 atom stereocenters. The number of benzene rings is 2. The summed E-state index contributed by atoms with van der Waals surface area (Å²) in [6.45, 7) is 7.96. The molecule has 4 nitrogen and oxygen atoms in total. The van der Waals surface area contributed by atoms with Gasteiger partial charge in [0.2, 0.25) is 0 Å². The summed E-state index contributed by atoms with van der Waals surface area (Å²) in [5, 5.41) is 10.0. The average Bonchev–Trinajstić information content (AvgIpc) is 2.64. The smallest absolute Gasteiger partial charge is 0.344 e. The molecule has 0 N–H and O–H groups in total. The van der Waals surface area contributed by atoms with Crippen LogP contribution in [0.15, 0.2) is 36.4 Å². The Balaban J connectivity index is 2.20. The monoisotopic (exact) mass is 344 g/mol. The van der Waals surface area contributed by atoms with Crippen LogP contribution >= 0.6 is 0 Å². The molecule has 1 heterocycles. The minimum absolute atomic E-state index is 0.270. The minimum atomic E-state index is -0.462. The maximum Gasteiger partial charge on any atom is 0.344 e. The molecular weight excluding hydrogens is 324 g/mol. The lowest BCUT2D eigenvalue weighted by atomic mass is 9.96. The van der Waals surface area contributed by atoms with Gasteiger partial charge in [-0.3, -0.25) is 4.98 Å². The molecule has 0 fully saturated rings. The van der Waals surface area contributed by atoms with Gasteiger partial charge in [-0.2, -0.15) is 5.26 Å². The van der Waals surface area contributed by atoms with E-state index < -0.39 is 5.97 Å². The molecule has 0 saturated carbocycles. The van der Waals surface area contributed by atoms with Crippen LogP contribution in [0.5, 0.6) is 5.75 Å². The minimum Gasteiger partial charge on any atom is -0.421 e. The standard InChI is InChI=1S/C22H20N2O2/c1-5-18-15(4)20(17-11-10-13(2)14(3)21(17)24-18)22(25)26-19-9-7-6-8-16(19)12-23/h6-11H,5H2,1-4H3. The van der Waals surface area contributed by atoms with Crippen molar-refractivity contribution in [3.05, 3.63) is 69.9 Å². The number of pyridine rings is 1. The van der Waals surface area contributed by atoms with Crippen molar-refractivity contribution < 1.29 is 9.53 Å². The first-order valence-corrected chi connectivity index (χ1v) is 8.58. The van der Waals surface area contributed by atoms with Crippen LogP contribution in [0.3, 0.4) is 0 Å². The quantitative estimate of drug-likeness (QED) is 0.505. The SMILES string of the molecule is CCc1nc2c(C)c(C)ccc2c(C(=O)Oc2ccccc2C#N)c1C. The van der Waals surface area contributed by atoms with Crippen LogP contribution in [0.1, 0.15) is 45.2 Å². The second-order valence-electron chi connectivity index (χ2n) is 6.31. The van der Waals surface area contributed by atoms with Crippen LogP contribution in [-0.2, 0) is 6.42 Å². The maximum absolute atomic E-state index is 13.0. The van der Waals surface area contributed by atoms with Gasteiger partial charge in [-0.1, -0.05) is 31.2 Å². The van der Waals surface area contributed by atoms with Gasteiger partial charge in [-0.05, 0) is 56.0 Å². The molecule has 3 rings (SSSR count). The number of hydrogen-bond acceptors (Lipinski definition) is 4. The fourth-order valence-electron chi connectivity index (χ4n) is 3.12. The summed E-state index contributed by atoms with van der Waals surface area (Å²) < 4.78 is 5.59. The molecule has 26 heavy (non-hydrogen) atoms. The number of fused-ring (bicyclic) bond motifs is 1. The Bertz CT molecular complexity index is 1060. The number of aromatic nitrogens is 1. The summed E-state index contributed by atoms with van der Waals surface area (Å²) in [5.41, 5.74) is 5.57. The predicted molar refractivity (Wildman–Crippen MR) is 101 cm³/mol. The Labute approximate surface area is 153 Å². The molecule has 4 heteroatoms. The highest BCUT2D eigenvalue weighted by Gasteiger charge is 2.21. The van der Waals surface area contributed by atoms with E-state index in [-0.39, 0.29) is 5.75 Å². The predicted octanol–water partition coefficient (Wildman–Crippen LogP) is 4.81. The normalized spacial score (nSPS) is 10.6. The average molecular weight is 344 g/mol. The van der Waals surface area contributed by atoms with E-state index in [0.717, 1.165) is 39.7 Å². The first-order valence-electron chi connectivity index (χ1n) is 8.58. The van der Waals surface area contributed by atoms with Crippen LogP contribution in [0, 0.1) is 32.1 Å². The Morgan fingerprint density at radius 2 is 1.85 bits per heavy atom. The van der Waals surface area contributed by atoms with Gasteiger partial charge < -0.3 is 4.74 Å². The molecule has 0 saturated heterocycles. The number of aryl methyl sites for hydroxylation is 3. The van der Waals surface area contributed by atoms with Crippen molar-refractivity contribution in [2.75, 3.05) is 0 Å². The largest absolute Gasteiger partial charge is 0.421 e. The number of rotatable bonds is 3. The number of nitrogens with zero attached hydrogens (tertiary/aromatic N) is 2. The maximum atomic E-state index is 13.0. The Morgan fingerprint density at radius 1 is 1.12 bits per heavy atom. The zero-order valence-electron chi connectivity index (χ0n) is 15.4. The highest BCUT2D eigenvalue weighted by molar-refractivity contribution is 6.06. The van der Waals surface area contributed by atoms with Crippen molar-refractivity contribution in [2.45, 2.75) is 34.1 Å². The Morgan fingerprint density at radius 3 is 2.54 bits per heavy atom. The van der Waals surface area contributed by atoms with Crippen LogP contribution in [0.2, 0.25) is 0 Å². The zero-order chi connectivity index (χ0) is 18.8. The van der Waals surface area contributed by atoms with E-state index in [4.69, 9.17) is 9.72 Å². The molecule has 0 aliphatic heterocycles. The van der Waals surface area contributed by atoms with E-state index in [1.54, 1.807) is 24.3 Å².